The maximum Gasteiger partial charge on any atom is 0.220 e. The van der Waals surface area contributed by atoms with E-state index >= 15 is 0 Å². The normalized spacial score (nSPS) is 12.2. The van der Waals surface area contributed by atoms with Crippen LogP contribution < -0.4 is 11.1 Å². The topological polar surface area (TPSA) is 55.1 Å². The van der Waals surface area contributed by atoms with Gasteiger partial charge in [0.15, 0.2) is 0 Å². The lowest BCUT2D eigenvalue weighted by molar-refractivity contribution is -0.121. The maximum absolute atomic E-state index is 11.8. The molecule has 0 aliphatic carbocycles. The smallest absolute Gasteiger partial charge is 0.220 e. The van der Waals surface area contributed by atoms with Gasteiger partial charge in [0.2, 0.25) is 5.91 Å². The minimum absolute atomic E-state index is 0.109. The fourth-order valence-electron chi connectivity index (χ4n) is 2.30. The lowest BCUT2D eigenvalue weighted by Gasteiger charge is -2.14. The van der Waals surface area contributed by atoms with Crippen LogP contribution in [0.1, 0.15) is 44.6 Å². The highest BCUT2D eigenvalue weighted by molar-refractivity contribution is 6.30. The summed E-state index contributed by atoms with van der Waals surface area (Å²) in [6, 6.07) is 7.52. The Hall–Kier alpha value is -1.06. The van der Waals surface area contributed by atoms with Crippen molar-refractivity contribution in [2.45, 2.75) is 45.6 Å². The van der Waals surface area contributed by atoms with Crippen molar-refractivity contribution in [1.82, 2.24) is 5.32 Å². The average Bonchev–Trinajstić information content (AvgIpc) is 2.44. The van der Waals surface area contributed by atoms with E-state index in [2.05, 4.69) is 12.2 Å². The zero-order valence-corrected chi connectivity index (χ0v) is 13.0. The molecule has 1 rings (SSSR count). The second-order valence-corrected chi connectivity index (χ2v) is 5.61. The first-order valence-corrected chi connectivity index (χ1v) is 7.74. The summed E-state index contributed by atoms with van der Waals surface area (Å²) in [5.74, 6) is 0.685. The van der Waals surface area contributed by atoms with E-state index in [1.807, 2.05) is 24.3 Å². The molecule has 0 saturated carbocycles. The summed E-state index contributed by atoms with van der Waals surface area (Å²) in [6.45, 7) is 3.44. The van der Waals surface area contributed by atoms with Crippen LogP contribution in [-0.4, -0.2) is 12.5 Å². The summed E-state index contributed by atoms with van der Waals surface area (Å²) in [5, 5.41) is 3.66. The molecule has 1 unspecified atom stereocenters. The third kappa shape index (κ3) is 6.92. The van der Waals surface area contributed by atoms with Gasteiger partial charge in [-0.1, -0.05) is 43.5 Å². The Morgan fingerprint density at radius 1 is 1.25 bits per heavy atom. The summed E-state index contributed by atoms with van der Waals surface area (Å²) in [5.41, 5.74) is 6.67. The molecule has 0 fully saturated rings. The van der Waals surface area contributed by atoms with Crippen molar-refractivity contribution in [3.05, 3.63) is 34.9 Å². The molecule has 1 atom stereocenters. The minimum atomic E-state index is 0.109. The average molecular weight is 297 g/mol. The third-order valence-corrected chi connectivity index (χ3v) is 3.71. The van der Waals surface area contributed by atoms with Gasteiger partial charge in [-0.15, -0.1) is 0 Å². The molecule has 1 amide bonds. The van der Waals surface area contributed by atoms with Gasteiger partial charge in [0.1, 0.15) is 0 Å². The Morgan fingerprint density at radius 2 is 1.95 bits per heavy atom. The van der Waals surface area contributed by atoms with Gasteiger partial charge < -0.3 is 11.1 Å². The first kappa shape index (κ1) is 17.0. The van der Waals surface area contributed by atoms with E-state index in [0.717, 1.165) is 31.2 Å². The molecule has 0 bridgehead atoms. The Morgan fingerprint density at radius 3 is 2.55 bits per heavy atom. The molecule has 3 nitrogen and oxygen atoms in total. The number of carbonyl (C=O) groups excluding carboxylic acids is 1. The molecule has 0 aliphatic rings. The van der Waals surface area contributed by atoms with Crippen molar-refractivity contribution in [1.29, 1.82) is 0 Å². The number of hydrogen-bond donors (Lipinski definition) is 2. The van der Waals surface area contributed by atoms with Crippen LogP contribution in [-0.2, 0) is 11.3 Å². The number of carbonyl (C=O) groups is 1. The summed E-state index contributed by atoms with van der Waals surface area (Å²) in [7, 11) is 0. The molecule has 20 heavy (non-hydrogen) atoms. The highest BCUT2D eigenvalue weighted by Crippen LogP contribution is 2.17. The fourth-order valence-corrected chi connectivity index (χ4v) is 2.43. The zero-order valence-electron chi connectivity index (χ0n) is 12.2. The van der Waals surface area contributed by atoms with Gasteiger partial charge in [-0.2, -0.15) is 0 Å². The molecule has 0 saturated heterocycles. The van der Waals surface area contributed by atoms with E-state index in [1.165, 1.54) is 0 Å². The Balaban J connectivity index is 2.27. The first-order chi connectivity index (χ1) is 9.65. The lowest BCUT2D eigenvalue weighted by Crippen LogP contribution is -2.23. The Bertz CT molecular complexity index is 386. The number of rotatable bonds is 9. The van der Waals surface area contributed by atoms with Crippen LogP contribution in [0.3, 0.4) is 0 Å². The van der Waals surface area contributed by atoms with Gasteiger partial charge in [-0.25, -0.2) is 0 Å². The second-order valence-electron chi connectivity index (χ2n) is 5.17. The standard InChI is InChI=1S/C16H25ClN2O/c1-2-3-13(10-11-18)6-9-16(20)19-12-14-4-7-15(17)8-5-14/h4-5,7-8,13H,2-3,6,9-12,18H2,1H3,(H,19,20). The molecule has 0 heterocycles. The summed E-state index contributed by atoms with van der Waals surface area (Å²) < 4.78 is 0. The largest absolute Gasteiger partial charge is 0.352 e. The van der Waals surface area contributed by atoms with Crippen molar-refractivity contribution in [2.75, 3.05) is 6.54 Å². The summed E-state index contributed by atoms with van der Waals surface area (Å²) in [6.07, 6.45) is 4.83. The molecular formula is C16H25ClN2O. The van der Waals surface area contributed by atoms with Gasteiger partial charge >= 0.3 is 0 Å². The van der Waals surface area contributed by atoms with Crippen LogP contribution >= 0.6 is 11.6 Å². The Kier molecular flexibility index (Phi) is 8.31. The number of halogens is 1. The zero-order chi connectivity index (χ0) is 14.8. The molecule has 0 aliphatic heterocycles. The van der Waals surface area contributed by atoms with E-state index < -0.39 is 0 Å². The van der Waals surface area contributed by atoms with Crippen molar-refractivity contribution in [2.24, 2.45) is 11.7 Å². The molecule has 0 aromatic heterocycles. The van der Waals surface area contributed by atoms with Gasteiger partial charge in [0.05, 0.1) is 0 Å². The van der Waals surface area contributed by atoms with Gasteiger partial charge in [0, 0.05) is 18.0 Å². The molecule has 3 N–H and O–H groups in total. The molecule has 1 aromatic carbocycles. The molecule has 4 heteroatoms. The van der Waals surface area contributed by atoms with E-state index in [4.69, 9.17) is 17.3 Å². The monoisotopic (exact) mass is 296 g/mol. The van der Waals surface area contributed by atoms with E-state index in [1.54, 1.807) is 0 Å². The number of hydrogen-bond acceptors (Lipinski definition) is 2. The number of nitrogens with two attached hydrogens (primary N) is 1. The molecular weight excluding hydrogens is 272 g/mol. The van der Waals surface area contributed by atoms with Crippen LogP contribution in [0.2, 0.25) is 5.02 Å². The predicted molar refractivity (Wildman–Crippen MR) is 84.6 cm³/mol. The molecule has 112 valence electrons. The predicted octanol–water partition coefficient (Wildman–Crippen LogP) is 3.50. The Labute approximate surface area is 126 Å². The van der Waals surface area contributed by atoms with Gasteiger partial charge in [-0.3, -0.25) is 4.79 Å². The van der Waals surface area contributed by atoms with Crippen LogP contribution in [0.25, 0.3) is 0 Å². The van der Waals surface area contributed by atoms with E-state index in [0.29, 0.717) is 30.5 Å². The fraction of sp³-hybridized carbons (Fsp3) is 0.562. The van der Waals surface area contributed by atoms with Crippen LogP contribution in [0.15, 0.2) is 24.3 Å². The summed E-state index contributed by atoms with van der Waals surface area (Å²) in [4.78, 5) is 11.8. The maximum atomic E-state index is 11.8. The summed E-state index contributed by atoms with van der Waals surface area (Å²) >= 11 is 5.82. The molecule has 0 spiro atoms. The SMILES string of the molecule is CCCC(CCN)CCC(=O)NCc1ccc(Cl)cc1. The number of nitrogens with one attached hydrogen (secondary N) is 1. The second kappa shape index (κ2) is 9.78. The van der Waals surface area contributed by atoms with Crippen LogP contribution in [0, 0.1) is 5.92 Å². The molecule has 0 radical (unpaired) electrons. The molecule has 1 aromatic rings. The van der Waals surface area contributed by atoms with Crippen molar-refractivity contribution < 1.29 is 4.79 Å². The highest BCUT2D eigenvalue weighted by Gasteiger charge is 2.09. The van der Waals surface area contributed by atoms with Gasteiger partial charge in [-0.05, 0) is 43.0 Å². The first-order valence-electron chi connectivity index (χ1n) is 7.37. The van der Waals surface area contributed by atoms with Crippen LogP contribution in [0.4, 0.5) is 0 Å². The quantitative estimate of drug-likeness (QED) is 0.733. The van der Waals surface area contributed by atoms with Crippen molar-refractivity contribution in [3.63, 3.8) is 0 Å². The van der Waals surface area contributed by atoms with Crippen molar-refractivity contribution in [3.8, 4) is 0 Å². The minimum Gasteiger partial charge on any atom is -0.352 e. The van der Waals surface area contributed by atoms with Gasteiger partial charge in [0.25, 0.3) is 0 Å². The number of benzene rings is 1. The third-order valence-electron chi connectivity index (χ3n) is 3.45. The highest BCUT2D eigenvalue weighted by atomic mass is 35.5. The van der Waals surface area contributed by atoms with Crippen LogP contribution in [0.5, 0.6) is 0 Å². The lowest BCUT2D eigenvalue weighted by atomic mass is 9.94. The van der Waals surface area contributed by atoms with E-state index in [-0.39, 0.29) is 5.91 Å². The van der Waals surface area contributed by atoms with Crippen molar-refractivity contribution >= 4 is 17.5 Å². The van der Waals surface area contributed by atoms with E-state index in [9.17, 15) is 4.79 Å². The number of amides is 1.